The zero-order valence-corrected chi connectivity index (χ0v) is 19.0. The van der Waals surface area contributed by atoms with Crippen LogP contribution in [0.4, 0.5) is 25.8 Å². The summed E-state index contributed by atoms with van der Waals surface area (Å²) >= 11 is 6.51. The summed E-state index contributed by atoms with van der Waals surface area (Å²) in [6.07, 6.45) is 0. The molecule has 3 aromatic carbocycles. The minimum absolute atomic E-state index is 0.00440. The maximum absolute atomic E-state index is 14.2. The minimum atomic E-state index is -4.02. The highest BCUT2D eigenvalue weighted by Crippen LogP contribution is 2.41. The van der Waals surface area contributed by atoms with Crippen molar-refractivity contribution in [1.82, 2.24) is 0 Å². The molecule has 3 aromatic rings. The maximum Gasteiger partial charge on any atom is 0.261 e. The largest absolute Gasteiger partial charge is 0.376 e. The first kappa shape index (κ1) is 22.8. The van der Waals surface area contributed by atoms with Gasteiger partial charge in [0.2, 0.25) is 0 Å². The van der Waals surface area contributed by atoms with E-state index in [1.165, 1.54) is 12.1 Å². The highest BCUT2D eigenvalue weighted by molar-refractivity contribution is 7.92. The van der Waals surface area contributed by atoms with Gasteiger partial charge in [-0.2, -0.15) is 0 Å². The molecule has 0 aliphatic carbocycles. The van der Waals surface area contributed by atoms with E-state index in [4.69, 9.17) is 11.6 Å². The molecular formula is C22H22ClF2N3O2S. The Hall–Kier alpha value is -2.84. The van der Waals surface area contributed by atoms with Crippen LogP contribution in [0.15, 0.2) is 59.5 Å². The van der Waals surface area contributed by atoms with Gasteiger partial charge in [0, 0.05) is 39.8 Å². The zero-order valence-electron chi connectivity index (χ0n) is 17.4. The molecule has 0 spiro atoms. The molecule has 0 amide bonds. The quantitative estimate of drug-likeness (QED) is 0.542. The lowest BCUT2D eigenvalue weighted by atomic mass is 10.0. The average molecular weight is 466 g/mol. The second-order valence-corrected chi connectivity index (χ2v) is 9.41. The second-order valence-electron chi connectivity index (χ2n) is 7.35. The molecule has 0 saturated carbocycles. The molecule has 0 saturated heterocycles. The molecule has 0 unspecified atom stereocenters. The Morgan fingerprint density at radius 1 is 0.839 bits per heavy atom. The fourth-order valence-electron chi connectivity index (χ4n) is 3.07. The predicted octanol–water partition coefficient (Wildman–Crippen LogP) is 5.22. The van der Waals surface area contributed by atoms with Crippen molar-refractivity contribution in [2.24, 2.45) is 0 Å². The van der Waals surface area contributed by atoms with Gasteiger partial charge in [0.05, 0.1) is 27.0 Å². The Balaban J connectivity index is 2.22. The summed E-state index contributed by atoms with van der Waals surface area (Å²) in [5, 5.41) is 0.479. The number of halogens is 3. The molecule has 0 atom stereocenters. The van der Waals surface area contributed by atoms with Gasteiger partial charge in [-0.3, -0.25) is 4.72 Å². The van der Waals surface area contributed by atoms with Gasteiger partial charge in [0.1, 0.15) is 0 Å². The van der Waals surface area contributed by atoms with Crippen molar-refractivity contribution in [3.05, 3.63) is 71.3 Å². The molecule has 0 bridgehead atoms. The van der Waals surface area contributed by atoms with E-state index >= 15 is 0 Å². The summed E-state index contributed by atoms with van der Waals surface area (Å²) in [4.78, 5) is 3.57. The molecule has 0 aromatic heterocycles. The van der Waals surface area contributed by atoms with Crippen LogP contribution in [0.2, 0.25) is 5.02 Å². The normalized spacial score (nSPS) is 11.3. The van der Waals surface area contributed by atoms with E-state index in [1.807, 2.05) is 0 Å². The zero-order chi connectivity index (χ0) is 22.9. The average Bonchev–Trinajstić information content (AvgIpc) is 2.71. The number of hydrogen-bond donors (Lipinski definition) is 1. The Morgan fingerprint density at radius 3 is 1.87 bits per heavy atom. The van der Waals surface area contributed by atoms with E-state index in [2.05, 4.69) is 4.72 Å². The van der Waals surface area contributed by atoms with Crippen LogP contribution in [-0.4, -0.2) is 36.6 Å². The smallest absolute Gasteiger partial charge is 0.261 e. The fourth-order valence-corrected chi connectivity index (χ4v) is 4.61. The lowest BCUT2D eigenvalue weighted by Crippen LogP contribution is -2.15. The standard InChI is InChI=1S/C22H22ClF2N3O2S/c1-27(2)20-10-14(11-21(22(20)23)28(3)4)16-12-17(24)18(25)13-19(16)26-31(29,30)15-8-6-5-7-9-15/h5-13,26H,1-4H3. The molecular weight excluding hydrogens is 444 g/mol. The molecule has 9 heteroatoms. The van der Waals surface area contributed by atoms with Crippen LogP contribution in [0.25, 0.3) is 11.1 Å². The predicted molar refractivity (Wildman–Crippen MR) is 123 cm³/mol. The number of sulfonamides is 1. The van der Waals surface area contributed by atoms with E-state index < -0.39 is 21.7 Å². The van der Waals surface area contributed by atoms with Crippen molar-refractivity contribution < 1.29 is 17.2 Å². The van der Waals surface area contributed by atoms with Gasteiger partial charge in [0.25, 0.3) is 10.0 Å². The second kappa shape index (κ2) is 8.72. The highest BCUT2D eigenvalue weighted by Gasteiger charge is 2.21. The Bertz CT molecular complexity index is 1190. The summed E-state index contributed by atoms with van der Waals surface area (Å²) < 4.78 is 56.3. The summed E-state index contributed by atoms with van der Waals surface area (Å²) in [6, 6.07) is 12.9. The molecule has 31 heavy (non-hydrogen) atoms. The molecule has 1 N–H and O–H groups in total. The van der Waals surface area contributed by atoms with Crippen LogP contribution in [0.1, 0.15) is 0 Å². The van der Waals surface area contributed by atoms with Crippen molar-refractivity contribution >= 4 is 38.7 Å². The molecule has 0 fully saturated rings. The van der Waals surface area contributed by atoms with Crippen LogP contribution < -0.4 is 14.5 Å². The lowest BCUT2D eigenvalue weighted by molar-refractivity contribution is 0.509. The van der Waals surface area contributed by atoms with E-state index in [9.17, 15) is 17.2 Å². The number of anilines is 3. The van der Waals surface area contributed by atoms with Crippen LogP contribution in [0.5, 0.6) is 0 Å². The van der Waals surface area contributed by atoms with E-state index in [0.29, 0.717) is 22.0 Å². The first-order valence-corrected chi connectivity index (χ1v) is 11.1. The highest BCUT2D eigenvalue weighted by atomic mass is 35.5. The number of nitrogens with one attached hydrogen (secondary N) is 1. The first-order valence-electron chi connectivity index (χ1n) is 9.26. The molecule has 3 rings (SSSR count). The SMILES string of the molecule is CN(C)c1cc(-c2cc(F)c(F)cc2NS(=O)(=O)c2ccccc2)cc(N(C)C)c1Cl. The van der Waals surface area contributed by atoms with E-state index in [1.54, 1.807) is 68.3 Å². The summed E-state index contributed by atoms with van der Waals surface area (Å²) in [5.41, 5.74) is 1.86. The topological polar surface area (TPSA) is 52.7 Å². The third-order valence-corrected chi connectivity index (χ3v) is 6.44. The molecule has 0 aliphatic heterocycles. The van der Waals surface area contributed by atoms with Crippen molar-refractivity contribution in [3.8, 4) is 11.1 Å². The number of hydrogen-bond acceptors (Lipinski definition) is 4. The third kappa shape index (κ3) is 4.75. The summed E-state index contributed by atoms with van der Waals surface area (Å²) in [6.45, 7) is 0. The van der Waals surface area contributed by atoms with Gasteiger partial charge < -0.3 is 9.80 Å². The molecule has 164 valence electrons. The van der Waals surface area contributed by atoms with Crippen LogP contribution in [0.3, 0.4) is 0 Å². The fraction of sp³-hybridized carbons (Fsp3) is 0.182. The minimum Gasteiger partial charge on any atom is -0.376 e. The van der Waals surface area contributed by atoms with Gasteiger partial charge in [0.15, 0.2) is 11.6 Å². The third-order valence-electron chi connectivity index (χ3n) is 4.67. The summed E-state index contributed by atoms with van der Waals surface area (Å²) in [7, 11) is 3.18. The number of benzene rings is 3. The van der Waals surface area contributed by atoms with Crippen LogP contribution in [0, 0.1) is 11.6 Å². The van der Waals surface area contributed by atoms with Gasteiger partial charge >= 0.3 is 0 Å². The summed E-state index contributed by atoms with van der Waals surface area (Å²) in [5.74, 6) is -2.26. The van der Waals surface area contributed by atoms with Gasteiger partial charge in [-0.15, -0.1) is 0 Å². The van der Waals surface area contributed by atoms with Crippen molar-refractivity contribution in [2.75, 3.05) is 42.7 Å². The molecule has 0 radical (unpaired) electrons. The first-order chi connectivity index (χ1) is 14.5. The van der Waals surface area contributed by atoms with E-state index in [-0.39, 0.29) is 16.1 Å². The number of nitrogens with zero attached hydrogens (tertiary/aromatic N) is 2. The van der Waals surface area contributed by atoms with E-state index in [0.717, 1.165) is 12.1 Å². The maximum atomic E-state index is 14.2. The van der Waals surface area contributed by atoms with Crippen molar-refractivity contribution in [1.29, 1.82) is 0 Å². The van der Waals surface area contributed by atoms with Gasteiger partial charge in [-0.25, -0.2) is 17.2 Å². The van der Waals surface area contributed by atoms with Crippen LogP contribution in [-0.2, 0) is 10.0 Å². The van der Waals surface area contributed by atoms with Gasteiger partial charge in [-0.1, -0.05) is 29.8 Å². The van der Waals surface area contributed by atoms with Crippen molar-refractivity contribution in [3.63, 3.8) is 0 Å². The monoisotopic (exact) mass is 465 g/mol. The Morgan fingerprint density at radius 2 is 1.35 bits per heavy atom. The lowest BCUT2D eigenvalue weighted by Gasteiger charge is -2.23. The molecule has 0 aliphatic rings. The Kier molecular flexibility index (Phi) is 6.43. The van der Waals surface area contributed by atoms with Crippen molar-refractivity contribution in [2.45, 2.75) is 4.90 Å². The Labute approximate surface area is 185 Å². The van der Waals surface area contributed by atoms with Crippen LogP contribution >= 0.6 is 11.6 Å². The molecule has 0 heterocycles. The molecule has 5 nitrogen and oxygen atoms in total. The van der Waals surface area contributed by atoms with Gasteiger partial charge in [-0.05, 0) is 35.9 Å². The number of rotatable bonds is 6.